The van der Waals surface area contributed by atoms with Gasteiger partial charge in [-0.05, 0) is 49.9 Å². The minimum absolute atomic E-state index is 0.227. The Labute approximate surface area is 163 Å². The van der Waals surface area contributed by atoms with E-state index < -0.39 is 30.3 Å². The van der Waals surface area contributed by atoms with Crippen molar-refractivity contribution in [3.8, 4) is 0 Å². The summed E-state index contributed by atoms with van der Waals surface area (Å²) in [6.07, 6.45) is 5.68. The van der Waals surface area contributed by atoms with Crippen molar-refractivity contribution in [1.29, 1.82) is 0 Å². The molecule has 8 heteroatoms. The fourth-order valence-electron chi connectivity index (χ4n) is 4.22. The molecule has 5 amide bonds. The van der Waals surface area contributed by atoms with Crippen LogP contribution in [0.1, 0.15) is 38.5 Å². The lowest BCUT2D eigenvalue weighted by molar-refractivity contribution is -0.144. The van der Waals surface area contributed by atoms with E-state index in [1.165, 1.54) is 12.8 Å². The number of imide groups is 2. The van der Waals surface area contributed by atoms with E-state index in [1.807, 2.05) is 12.1 Å². The van der Waals surface area contributed by atoms with Gasteiger partial charge in [-0.1, -0.05) is 12.8 Å². The van der Waals surface area contributed by atoms with E-state index in [4.69, 9.17) is 0 Å². The number of amides is 5. The van der Waals surface area contributed by atoms with Gasteiger partial charge >= 0.3 is 17.8 Å². The number of rotatable bonds is 5. The third kappa shape index (κ3) is 3.46. The van der Waals surface area contributed by atoms with Gasteiger partial charge < -0.3 is 10.2 Å². The summed E-state index contributed by atoms with van der Waals surface area (Å²) in [5, 5.41) is 2.69. The number of benzene rings is 1. The molecule has 1 N–H and O–H groups in total. The van der Waals surface area contributed by atoms with Crippen molar-refractivity contribution in [3.05, 3.63) is 24.3 Å². The van der Waals surface area contributed by atoms with Crippen LogP contribution in [0.25, 0.3) is 0 Å². The van der Waals surface area contributed by atoms with Crippen molar-refractivity contribution in [2.75, 3.05) is 29.9 Å². The largest absolute Gasteiger partial charge is 0.372 e. The first-order chi connectivity index (χ1) is 13.5. The summed E-state index contributed by atoms with van der Waals surface area (Å²) >= 11 is 0. The minimum atomic E-state index is -0.920. The van der Waals surface area contributed by atoms with Gasteiger partial charge in [0.25, 0.3) is 0 Å². The highest BCUT2D eigenvalue weighted by atomic mass is 16.2. The van der Waals surface area contributed by atoms with Gasteiger partial charge in [-0.2, -0.15) is 0 Å². The molecule has 3 fully saturated rings. The zero-order valence-corrected chi connectivity index (χ0v) is 15.7. The summed E-state index contributed by atoms with van der Waals surface area (Å²) in [5.74, 6) is -2.24. The predicted molar refractivity (Wildman–Crippen MR) is 103 cm³/mol. The lowest BCUT2D eigenvalue weighted by Crippen LogP contribution is -2.41. The quantitative estimate of drug-likeness (QED) is 0.619. The molecule has 3 aliphatic rings. The average Bonchev–Trinajstić information content (AvgIpc) is 3.43. The highest BCUT2D eigenvalue weighted by molar-refractivity contribution is 6.45. The summed E-state index contributed by atoms with van der Waals surface area (Å²) in [6.45, 7) is 1.62. The molecule has 1 aromatic rings. The van der Waals surface area contributed by atoms with E-state index in [1.54, 1.807) is 12.1 Å². The van der Waals surface area contributed by atoms with E-state index in [-0.39, 0.29) is 6.04 Å². The number of hydrogen-bond acceptors (Lipinski definition) is 5. The van der Waals surface area contributed by atoms with Crippen LogP contribution in [0.4, 0.5) is 16.2 Å². The molecule has 0 atom stereocenters. The monoisotopic (exact) mass is 384 g/mol. The second-order valence-corrected chi connectivity index (χ2v) is 7.58. The van der Waals surface area contributed by atoms with E-state index in [0.29, 0.717) is 18.5 Å². The summed E-state index contributed by atoms with van der Waals surface area (Å²) in [7, 11) is 0. The zero-order chi connectivity index (χ0) is 19.7. The first kappa shape index (κ1) is 18.5. The highest BCUT2D eigenvalue weighted by Crippen LogP contribution is 2.28. The second kappa shape index (κ2) is 7.61. The summed E-state index contributed by atoms with van der Waals surface area (Å²) in [4.78, 5) is 53.3. The first-order valence-electron chi connectivity index (χ1n) is 9.88. The number of nitrogens with one attached hydrogen (secondary N) is 1. The molecule has 0 radical (unpaired) electrons. The highest BCUT2D eigenvalue weighted by Gasteiger charge is 2.48. The maximum Gasteiger partial charge on any atom is 0.334 e. The number of carbonyl (C=O) groups is 4. The van der Waals surface area contributed by atoms with Crippen LogP contribution in [0.3, 0.4) is 0 Å². The third-order valence-corrected chi connectivity index (χ3v) is 5.70. The lowest BCUT2D eigenvalue weighted by Gasteiger charge is -2.21. The normalized spacial score (nSPS) is 20.6. The Morgan fingerprint density at radius 1 is 0.929 bits per heavy atom. The van der Waals surface area contributed by atoms with Crippen LogP contribution in [0, 0.1) is 0 Å². The van der Waals surface area contributed by atoms with Crippen molar-refractivity contribution in [2.24, 2.45) is 0 Å². The predicted octanol–water partition coefficient (Wildman–Crippen LogP) is 1.96. The molecule has 0 spiro atoms. The fourth-order valence-corrected chi connectivity index (χ4v) is 4.22. The van der Waals surface area contributed by atoms with Gasteiger partial charge in [0.2, 0.25) is 5.91 Å². The molecule has 1 aliphatic carbocycles. The Hall–Kier alpha value is -2.90. The fraction of sp³-hybridized carbons (Fsp3) is 0.500. The van der Waals surface area contributed by atoms with Crippen LogP contribution >= 0.6 is 0 Å². The smallest absolute Gasteiger partial charge is 0.334 e. The molecule has 0 unspecified atom stereocenters. The van der Waals surface area contributed by atoms with Gasteiger partial charge in [-0.3, -0.25) is 19.3 Å². The molecule has 4 rings (SSSR count). The molecule has 8 nitrogen and oxygen atoms in total. The number of carbonyl (C=O) groups excluding carboxylic acids is 4. The second-order valence-electron chi connectivity index (χ2n) is 7.58. The van der Waals surface area contributed by atoms with Gasteiger partial charge in [-0.15, -0.1) is 0 Å². The van der Waals surface area contributed by atoms with Crippen molar-refractivity contribution in [1.82, 2.24) is 9.80 Å². The van der Waals surface area contributed by atoms with Gasteiger partial charge in [0.15, 0.2) is 0 Å². The van der Waals surface area contributed by atoms with Gasteiger partial charge in [0.05, 0.1) is 0 Å². The Balaban J connectivity index is 1.37. The van der Waals surface area contributed by atoms with E-state index in [0.717, 1.165) is 41.4 Å². The standard InChI is InChI=1S/C20H24N4O4/c25-17(21-14-7-9-15(10-8-14)22-11-3-4-12-22)13-23-18(26)19(27)24(20(23)28)16-5-1-2-6-16/h7-10,16H,1-6,11-13H2,(H,21,25). The summed E-state index contributed by atoms with van der Waals surface area (Å²) < 4.78 is 0. The molecule has 0 bridgehead atoms. The molecule has 28 heavy (non-hydrogen) atoms. The molecule has 2 aliphatic heterocycles. The topological polar surface area (TPSA) is 90.0 Å². The zero-order valence-electron chi connectivity index (χ0n) is 15.7. The molecule has 2 saturated heterocycles. The van der Waals surface area contributed by atoms with Crippen LogP contribution in [-0.2, 0) is 14.4 Å². The minimum Gasteiger partial charge on any atom is -0.372 e. The third-order valence-electron chi connectivity index (χ3n) is 5.70. The molecular weight excluding hydrogens is 360 g/mol. The number of anilines is 2. The van der Waals surface area contributed by atoms with Crippen LogP contribution in [0.2, 0.25) is 0 Å². The van der Waals surface area contributed by atoms with Crippen LogP contribution in [-0.4, -0.2) is 59.2 Å². The Kier molecular flexibility index (Phi) is 5.02. The summed E-state index contributed by atoms with van der Waals surface area (Å²) in [5.41, 5.74) is 1.70. The lowest BCUT2D eigenvalue weighted by atomic mass is 10.2. The number of hydrogen-bond donors (Lipinski definition) is 1. The number of nitrogens with zero attached hydrogens (tertiary/aromatic N) is 3. The van der Waals surface area contributed by atoms with Gasteiger partial charge in [0, 0.05) is 30.5 Å². The number of urea groups is 1. The Morgan fingerprint density at radius 3 is 2.21 bits per heavy atom. The Morgan fingerprint density at radius 2 is 1.57 bits per heavy atom. The van der Waals surface area contributed by atoms with Crippen molar-refractivity contribution >= 4 is 35.1 Å². The van der Waals surface area contributed by atoms with Crippen molar-refractivity contribution in [3.63, 3.8) is 0 Å². The van der Waals surface area contributed by atoms with Crippen LogP contribution in [0.5, 0.6) is 0 Å². The van der Waals surface area contributed by atoms with Crippen molar-refractivity contribution < 1.29 is 19.2 Å². The van der Waals surface area contributed by atoms with E-state index in [2.05, 4.69) is 10.2 Å². The maximum atomic E-state index is 12.5. The van der Waals surface area contributed by atoms with Crippen molar-refractivity contribution in [2.45, 2.75) is 44.6 Å². The molecule has 1 saturated carbocycles. The van der Waals surface area contributed by atoms with Crippen LogP contribution in [0.15, 0.2) is 24.3 Å². The van der Waals surface area contributed by atoms with Gasteiger partial charge in [-0.25, -0.2) is 9.69 Å². The van der Waals surface area contributed by atoms with E-state index in [9.17, 15) is 19.2 Å². The Bertz CT molecular complexity index is 795. The van der Waals surface area contributed by atoms with E-state index >= 15 is 0 Å². The molecule has 2 heterocycles. The summed E-state index contributed by atoms with van der Waals surface area (Å²) in [6, 6.07) is 6.58. The molecule has 0 aromatic heterocycles. The molecule has 1 aromatic carbocycles. The van der Waals surface area contributed by atoms with Crippen LogP contribution < -0.4 is 10.2 Å². The molecular formula is C20H24N4O4. The average molecular weight is 384 g/mol. The van der Waals surface area contributed by atoms with Gasteiger partial charge in [0.1, 0.15) is 6.54 Å². The SMILES string of the molecule is O=C(CN1C(=O)C(=O)N(C2CCCC2)C1=O)Nc1ccc(N2CCCC2)cc1. The maximum absolute atomic E-state index is 12.5. The molecule has 148 valence electrons. The first-order valence-corrected chi connectivity index (χ1v) is 9.88.